The third kappa shape index (κ3) is 5.85. The largest absolute Gasteiger partial charge is 0.459 e. The van der Waals surface area contributed by atoms with Crippen molar-refractivity contribution in [2.24, 2.45) is 0 Å². The minimum Gasteiger partial charge on any atom is -0.459 e. The van der Waals surface area contributed by atoms with E-state index >= 15 is 0 Å². The van der Waals surface area contributed by atoms with Crippen molar-refractivity contribution in [3.63, 3.8) is 0 Å². The van der Waals surface area contributed by atoms with Crippen molar-refractivity contribution in [3.8, 4) is 5.75 Å². The fourth-order valence-electron chi connectivity index (χ4n) is 2.56. The molecule has 0 fully saturated rings. The summed E-state index contributed by atoms with van der Waals surface area (Å²) in [5.74, 6) is 0.781. The number of hydrogen-bond acceptors (Lipinski definition) is 4. The molecule has 3 aromatic rings. The summed E-state index contributed by atoms with van der Waals surface area (Å²) in [6.45, 7) is -2.44. The number of ether oxygens (including phenoxy) is 1. The van der Waals surface area contributed by atoms with Crippen LogP contribution in [0.4, 0.5) is 8.78 Å². The molecule has 0 saturated heterocycles. The van der Waals surface area contributed by atoms with Crippen molar-refractivity contribution in [1.29, 1.82) is 0 Å². The molecule has 1 heterocycles. The first kappa shape index (κ1) is 19.9. The molecule has 0 aliphatic heterocycles. The van der Waals surface area contributed by atoms with E-state index in [2.05, 4.69) is 10.1 Å². The van der Waals surface area contributed by atoms with E-state index < -0.39 is 6.61 Å². The molecule has 146 valence electrons. The number of halogens is 2. The first-order chi connectivity index (χ1) is 13.6. The highest BCUT2D eigenvalue weighted by Crippen LogP contribution is 2.24. The molecule has 0 bridgehead atoms. The lowest BCUT2D eigenvalue weighted by atomic mass is 10.1. The summed E-state index contributed by atoms with van der Waals surface area (Å²) in [7, 11) is 0. The quantitative estimate of drug-likeness (QED) is 0.502. The monoisotopic (exact) mass is 403 g/mol. The normalized spacial score (nSPS) is 10.8. The van der Waals surface area contributed by atoms with E-state index in [0.29, 0.717) is 24.5 Å². The third-order valence-corrected chi connectivity index (χ3v) is 5.00. The Bertz CT molecular complexity index is 882. The van der Waals surface area contributed by atoms with Gasteiger partial charge in [-0.05, 0) is 42.3 Å². The predicted molar refractivity (Wildman–Crippen MR) is 104 cm³/mol. The molecule has 0 saturated carbocycles. The fraction of sp³-hybridized carbons (Fsp3) is 0.190. The molecule has 0 unspecified atom stereocenters. The number of alkyl halides is 2. The summed E-state index contributed by atoms with van der Waals surface area (Å²) in [6.07, 6.45) is 2.08. The van der Waals surface area contributed by atoms with Gasteiger partial charge in [-0.2, -0.15) is 8.78 Å². The van der Waals surface area contributed by atoms with E-state index in [0.717, 1.165) is 16.0 Å². The van der Waals surface area contributed by atoms with Gasteiger partial charge in [0.25, 0.3) is 5.91 Å². The first-order valence-electron chi connectivity index (χ1n) is 8.68. The van der Waals surface area contributed by atoms with Gasteiger partial charge in [0.1, 0.15) is 5.75 Å². The molecular weight excluding hydrogens is 384 g/mol. The second-order valence-corrected chi connectivity index (χ2v) is 6.95. The van der Waals surface area contributed by atoms with Crippen molar-refractivity contribution in [2.45, 2.75) is 23.7 Å². The number of thioether (sulfide) groups is 1. The van der Waals surface area contributed by atoms with Crippen LogP contribution in [-0.2, 0) is 12.2 Å². The second-order valence-electron chi connectivity index (χ2n) is 5.91. The molecule has 0 aliphatic rings. The van der Waals surface area contributed by atoms with Gasteiger partial charge < -0.3 is 14.5 Å². The lowest BCUT2D eigenvalue weighted by Crippen LogP contribution is -2.26. The molecule has 1 aromatic heterocycles. The highest BCUT2D eigenvalue weighted by Gasteiger charge is 2.15. The summed E-state index contributed by atoms with van der Waals surface area (Å²) < 4.78 is 34.0. The Kier molecular flexibility index (Phi) is 7.08. The Labute approximate surface area is 165 Å². The van der Waals surface area contributed by atoms with Crippen LogP contribution in [0.1, 0.15) is 21.7 Å². The van der Waals surface area contributed by atoms with E-state index in [-0.39, 0.29) is 11.7 Å². The van der Waals surface area contributed by atoms with Crippen LogP contribution in [0.25, 0.3) is 0 Å². The van der Waals surface area contributed by atoms with E-state index in [1.807, 2.05) is 30.3 Å². The molecule has 2 aromatic carbocycles. The molecule has 0 atom stereocenters. The van der Waals surface area contributed by atoms with Crippen LogP contribution in [0, 0.1) is 0 Å². The standard InChI is InChI=1S/C21H19F2NO3S/c22-21(23)27-17-8-6-15(7-9-17)10-12-24-20(25)19-16(11-13-26-19)14-28-18-4-2-1-3-5-18/h1-9,11,13,21H,10,12,14H2,(H,24,25). The van der Waals surface area contributed by atoms with Crippen LogP contribution in [0.2, 0.25) is 0 Å². The smallest absolute Gasteiger partial charge is 0.387 e. The number of hydrogen-bond donors (Lipinski definition) is 1. The Hall–Kier alpha value is -2.80. The van der Waals surface area contributed by atoms with Crippen LogP contribution in [-0.4, -0.2) is 19.1 Å². The van der Waals surface area contributed by atoms with Gasteiger partial charge in [-0.1, -0.05) is 30.3 Å². The van der Waals surface area contributed by atoms with Crippen molar-refractivity contribution >= 4 is 17.7 Å². The van der Waals surface area contributed by atoms with Gasteiger partial charge in [-0.15, -0.1) is 11.8 Å². The lowest BCUT2D eigenvalue weighted by Gasteiger charge is -2.07. The first-order valence-corrected chi connectivity index (χ1v) is 9.66. The Morgan fingerprint density at radius 2 is 1.82 bits per heavy atom. The summed E-state index contributed by atoms with van der Waals surface area (Å²) in [5.41, 5.74) is 1.74. The van der Waals surface area contributed by atoms with Crippen LogP contribution in [0.15, 0.2) is 76.2 Å². The molecular formula is C21H19F2NO3S. The molecule has 0 aliphatic carbocycles. The maximum absolute atomic E-state index is 12.4. The number of amides is 1. The molecule has 3 rings (SSSR count). The number of benzene rings is 2. The minimum absolute atomic E-state index is 0.110. The summed E-state index contributed by atoms with van der Waals surface area (Å²) in [5, 5.41) is 2.83. The van der Waals surface area contributed by atoms with Gasteiger partial charge in [0.2, 0.25) is 0 Å². The van der Waals surface area contributed by atoms with E-state index in [4.69, 9.17) is 4.42 Å². The molecule has 7 heteroatoms. The fourth-order valence-corrected chi connectivity index (χ4v) is 3.46. The van der Waals surface area contributed by atoms with Crippen LogP contribution < -0.4 is 10.1 Å². The third-order valence-electron chi connectivity index (χ3n) is 3.94. The second kappa shape index (κ2) is 9.94. The zero-order valence-corrected chi connectivity index (χ0v) is 15.8. The number of nitrogens with one attached hydrogen (secondary N) is 1. The van der Waals surface area contributed by atoms with Crippen LogP contribution >= 0.6 is 11.8 Å². The minimum atomic E-state index is -2.84. The van der Waals surface area contributed by atoms with Gasteiger partial charge in [-0.3, -0.25) is 4.79 Å². The Morgan fingerprint density at radius 1 is 1.07 bits per heavy atom. The average Bonchev–Trinajstić information content (AvgIpc) is 3.17. The zero-order chi connectivity index (χ0) is 19.8. The number of carbonyl (C=O) groups excluding carboxylic acids is 1. The van der Waals surface area contributed by atoms with E-state index in [1.54, 1.807) is 30.0 Å². The Balaban J connectivity index is 1.48. The van der Waals surface area contributed by atoms with Crippen LogP contribution in [0.3, 0.4) is 0 Å². The molecule has 4 nitrogen and oxygen atoms in total. The summed E-state index contributed by atoms with van der Waals surface area (Å²) in [6, 6.07) is 18.1. The van der Waals surface area contributed by atoms with Crippen molar-refractivity contribution in [2.75, 3.05) is 6.54 Å². The molecule has 1 N–H and O–H groups in total. The maximum atomic E-state index is 12.4. The van der Waals surface area contributed by atoms with Gasteiger partial charge in [-0.25, -0.2) is 0 Å². The molecule has 28 heavy (non-hydrogen) atoms. The average molecular weight is 403 g/mol. The van der Waals surface area contributed by atoms with Crippen LogP contribution in [0.5, 0.6) is 5.75 Å². The summed E-state index contributed by atoms with van der Waals surface area (Å²) in [4.78, 5) is 13.5. The summed E-state index contributed by atoms with van der Waals surface area (Å²) >= 11 is 1.63. The topological polar surface area (TPSA) is 51.5 Å². The SMILES string of the molecule is O=C(NCCc1ccc(OC(F)F)cc1)c1occc1CSc1ccccc1. The molecule has 0 radical (unpaired) electrons. The van der Waals surface area contributed by atoms with Crippen molar-refractivity contribution in [3.05, 3.63) is 83.8 Å². The van der Waals surface area contributed by atoms with Gasteiger partial charge in [0.15, 0.2) is 5.76 Å². The van der Waals surface area contributed by atoms with E-state index in [1.165, 1.54) is 18.4 Å². The number of carbonyl (C=O) groups is 1. The van der Waals surface area contributed by atoms with E-state index in [9.17, 15) is 13.6 Å². The van der Waals surface area contributed by atoms with Crippen molar-refractivity contribution < 1.29 is 22.7 Å². The zero-order valence-electron chi connectivity index (χ0n) is 14.9. The maximum Gasteiger partial charge on any atom is 0.387 e. The van der Waals surface area contributed by atoms with Gasteiger partial charge in [0.05, 0.1) is 6.26 Å². The number of furan rings is 1. The van der Waals surface area contributed by atoms with Gasteiger partial charge >= 0.3 is 6.61 Å². The number of rotatable bonds is 9. The van der Waals surface area contributed by atoms with Crippen molar-refractivity contribution in [1.82, 2.24) is 5.32 Å². The van der Waals surface area contributed by atoms with Gasteiger partial charge in [0, 0.05) is 22.8 Å². The highest BCUT2D eigenvalue weighted by atomic mass is 32.2. The Morgan fingerprint density at radius 3 is 2.54 bits per heavy atom. The predicted octanol–water partition coefficient (Wildman–Crippen LogP) is 5.15. The lowest BCUT2D eigenvalue weighted by molar-refractivity contribution is -0.0498. The molecule has 1 amide bonds. The highest BCUT2D eigenvalue weighted by molar-refractivity contribution is 7.98. The molecule has 0 spiro atoms.